The van der Waals surface area contributed by atoms with Gasteiger partial charge < -0.3 is 10.1 Å². The minimum atomic E-state index is -0.313. The highest BCUT2D eigenvalue weighted by molar-refractivity contribution is 5.90. The van der Waals surface area contributed by atoms with Crippen molar-refractivity contribution < 1.29 is 9.53 Å². The monoisotopic (exact) mass is 209 g/mol. The van der Waals surface area contributed by atoms with Gasteiger partial charge in [-0.1, -0.05) is 0 Å². The molecule has 82 valence electrons. The van der Waals surface area contributed by atoms with Crippen LogP contribution in [0.25, 0.3) is 0 Å². The zero-order chi connectivity index (χ0) is 10.8. The van der Waals surface area contributed by atoms with E-state index in [4.69, 9.17) is 4.74 Å². The zero-order valence-corrected chi connectivity index (χ0v) is 8.99. The van der Waals surface area contributed by atoms with Crippen LogP contribution >= 0.6 is 0 Å². The highest BCUT2D eigenvalue weighted by Gasteiger charge is 2.26. The van der Waals surface area contributed by atoms with E-state index in [1.54, 1.807) is 10.9 Å². The van der Waals surface area contributed by atoms with Gasteiger partial charge in [-0.25, -0.2) is 4.79 Å². The molecule has 1 N–H and O–H groups in total. The number of aryl methyl sites for hydroxylation is 1. The van der Waals surface area contributed by atoms with Crippen LogP contribution < -0.4 is 5.32 Å². The Kier molecular flexibility index (Phi) is 2.73. The van der Waals surface area contributed by atoms with Crippen LogP contribution in [0.2, 0.25) is 0 Å². The minimum Gasteiger partial charge on any atom is -0.465 e. The lowest BCUT2D eigenvalue weighted by Gasteiger charge is -2.12. The largest absolute Gasteiger partial charge is 0.465 e. The van der Waals surface area contributed by atoms with Gasteiger partial charge in [0, 0.05) is 7.05 Å². The molecule has 5 heteroatoms. The van der Waals surface area contributed by atoms with Crippen LogP contribution in [0.15, 0.2) is 6.20 Å². The quantitative estimate of drug-likeness (QED) is 0.726. The molecule has 1 saturated heterocycles. The van der Waals surface area contributed by atoms with Crippen LogP contribution in [0, 0.1) is 0 Å². The average molecular weight is 209 g/mol. The molecule has 1 atom stereocenters. The Bertz CT molecular complexity index is 367. The first-order valence-corrected chi connectivity index (χ1v) is 5.07. The van der Waals surface area contributed by atoms with Crippen molar-refractivity contribution in [1.29, 1.82) is 0 Å². The van der Waals surface area contributed by atoms with Crippen molar-refractivity contribution in [3.8, 4) is 0 Å². The zero-order valence-electron chi connectivity index (χ0n) is 8.99. The number of methoxy groups -OCH3 is 1. The summed E-state index contributed by atoms with van der Waals surface area (Å²) in [6.07, 6.45) is 3.75. The summed E-state index contributed by atoms with van der Waals surface area (Å²) >= 11 is 0. The number of hydrogen-bond acceptors (Lipinski definition) is 4. The second-order valence-electron chi connectivity index (χ2n) is 3.71. The fraction of sp³-hybridized carbons (Fsp3) is 0.600. The third-order valence-electron chi connectivity index (χ3n) is 2.78. The molecule has 1 unspecified atom stereocenters. The average Bonchev–Trinajstić information content (AvgIpc) is 2.85. The number of rotatable bonds is 2. The van der Waals surface area contributed by atoms with Crippen LogP contribution in [0.4, 0.5) is 0 Å². The summed E-state index contributed by atoms with van der Waals surface area (Å²) < 4.78 is 6.48. The van der Waals surface area contributed by atoms with E-state index in [1.807, 2.05) is 7.05 Å². The van der Waals surface area contributed by atoms with Gasteiger partial charge in [0.05, 0.1) is 25.0 Å². The minimum absolute atomic E-state index is 0.228. The lowest BCUT2D eigenvalue weighted by Crippen LogP contribution is -2.19. The van der Waals surface area contributed by atoms with Gasteiger partial charge in [0.2, 0.25) is 0 Å². The fourth-order valence-corrected chi connectivity index (χ4v) is 2.05. The molecule has 2 heterocycles. The highest BCUT2D eigenvalue weighted by atomic mass is 16.5. The molecule has 1 fully saturated rings. The first kappa shape index (κ1) is 10.2. The maximum absolute atomic E-state index is 11.5. The third-order valence-corrected chi connectivity index (χ3v) is 2.78. The number of carbonyl (C=O) groups excluding carboxylic acids is 1. The van der Waals surface area contributed by atoms with Crippen LogP contribution in [0.3, 0.4) is 0 Å². The maximum Gasteiger partial charge on any atom is 0.341 e. The van der Waals surface area contributed by atoms with E-state index in [-0.39, 0.29) is 12.0 Å². The van der Waals surface area contributed by atoms with Gasteiger partial charge in [-0.2, -0.15) is 5.10 Å². The van der Waals surface area contributed by atoms with Gasteiger partial charge in [-0.15, -0.1) is 0 Å². The van der Waals surface area contributed by atoms with Crippen LogP contribution in [-0.2, 0) is 11.8 Å². The molecule has 0 radical (unpaired) electrons. The lowest BCUT2D eigenvalue weighted by molar-refractivity contribution is 0.0598. The first-order chi connectivity index (χ1) is 7.24. The van der Waals surface area contributed by atoms with Gasteiger partial charge in [0.25, 0.3) is 0 Å². The number of nitrogens with one attached hydrogen (secondary N) is 1. The fourth-order valence-electron chi connectivity index (χ4n) is 2.05. The van der Waals surface area contributed by atoms with Crippen LogP contribution in [0.5, 0.6) is 0 Å². The number of nitrogens with zero attached hydrogens (tertiary/aromatic N) is 2. The molecule has 0 spiro atoms. The van der Waals surface area contributed by atoms with Crippen molar-refractivity contribution in [3.63, 3.8) is 0 Å². The van der Waals surface area contributed by atoms with Crippen LogP contribution in [0.1, 0.15) is 34.9 Å². The van der Waals surface area contributed by atoms with Crippen molar-refractivity contribution in [3.05, 3.63) is 17.5 Å². The first-order valence-electron chi connectivity index (χ1n) is 5.07. The van der Waals surface area contributed by atoms with E-state index in [9.17, 15) is 4.79 Å². The van der Waals surface area contributed by atoms with Gasteiger partial charge in [-0.05, 0) is 19.4 Å². The number of esters is 1. The topological polar surface area (TPSA) is 56.1 Å². The molecule has 1 aromatic rings. The summed E-state index contributed by atoms with van der Waals surface area (Å²) in [6.45, 7) is 0.996. The molecule has 5 nitrogen and oxygen atoms in total. The Hall–Kier alpha value is -1.36. The molecule has 15 heavy (non-hydrogen) atoms. The summed E-state index contributed by atoms with van der Waals surface area (Å²) in [5, 5.41) is 7.46. The van der Waals surface area contributed by atoms with Crippen molar-refractivity contribution in [1.82, 2.24) is 15.1 Å². The standard InChI is InChI=1S/C10H15N3O2/c1-13-9(8-4-3-5-11-8)7(6-12-13)10(14)15-2/h6,8,11H,3-5H2,1-2H3. The summed E-state index contributed by atoms with van der Waals surface area (Å²) in [6, 6.07) is 0.228. The summed E-state index contributed by atoms with van der Waals surface area (Å²) in [7, 11) is 3.24. The predicted octanol–water partition coefficient (Wildman–Crippen LogP) is 0.631. The number of hydrogen-bond donors (Lipinski definition) is 1. The molecule has 2 rings (SSSR count). The summed E-state index contributed by atoms with van der Waals surface area (Å²) in [4.78, 5) is 11.5. The Morgan fingerprint density at radius 2 is 2.53 bits per heavy atom. The van der Waals surface area contributed by atoms with Crippen molar-refractivity contribution in [2.45, 2.75) is 18.9 Å². The van der Waals surface area contributed by atoms with E-state index < -0.39 is 0 Å². The van der Waals surface area contributed by atoms with Gasteiger partial charge >= 0.3 is 5.97 Å². The molecule has 0 amide bonds. The Morgan fingerprint density at radius 1 is 1.73 bits per heavy atom. The van der Waals surface area contributed by atoms with E-state index in [0.717, 1.165) is 25.1 Å². The highest BCUT2D eigenvalue weighted by Crippen LogP contribution is 2.25. The second-order valence-corrected chi connectivity index (χ2v) is 3.71. The van der Waals surface area contributed by atoms with Crippen molar-refractivity contribution in [2.24, 2.45) is 7.05 Å². The lowest BCUT2D eigenvalue weighted by atomic mass is 10.1. The maximum atomic E-state index is 11.5. The van der Waals surface area contributed by atoms with Crippen molar-refractivity contribution >= 4 is 5.97 Å². The van der Waals surface area contributed by atoms with Crippen molar-refractivity contribution in [2.75, 3.05) is 13.7 Å². The molecule has 0 bridgehead atoms. The number of carbonyl (C=O) groups is 1. The second kappa shape index (κ2) is 4.02. The smallest absolute Gasteiger partial charge is 0.341 e. The van der Waals surface area contributed by atoms with E-state index in [2.05, 4.69) is 10.4 Å². The van der Waals surface area contributed by atoms with Gasteiger partial charge in [0.1, 0.15) is 5.56 Å². The normalized spacial score (nSPS) is 20.5. The number of aromatic nitrogens is 2. The molecular formula is C10H15N3O2. The molecule has 1 aromatic heterocycles. The Labute approximate surface area is 88.4 Å². The predicted molar refractivity (Wildman–Crippen MR) is 54.5 cm³/mol. The van der Waals surface area contributed by atoms with E-state index >= 15 is 0 Å². The van der Waals surface area contributed by atoms with Gasteiger partial charge in [-0.3, -0.25) is 4.68 Å². The van der Waals surface area contributed by atoms with E-state index in [1.165, 1.54) is 7.11 Å². The summed E-state index contributed by atoms with van der Waals surface area (Å²) in [5.74, 6) is -0.313. The van der Waals surface area contributed by atoms with Gasteiger partial charge in [0.15, 0.2) is 0 Å². The molecule has 0 saturated carbocycles. The molecule has 1 aliphatic heterocycles. The number of ether oxygens (including phenoxy) is 1. The Morgan fingerprint density at radius 3 is 3.13 bits per heavy atom. The molecule has 0 aromatic carbocycles. The molecule has 0 aliphatic carbocycles. The molecular weight excluding hydrogens is 194 g/mol. The van der Waals surface area contributed by atoms with E-state index in [0.29, 0.717) is 5.56 Å². The molecule has 1 aliphatic rings. The summed E-state index contributed by atoms with van der Waals surface area (Å²) in [5.41, 5.74) is 1.50. The van der Waals surface area contributed by atoms with Crippen LogP contribution in [-0.4, -0.2) is 29.4 Å². The third kappa shape index (κ3) is 1.74. The SMILES string of the molecule is COC(=O)c1cnn(C)c1C1CCCN1. The Balaban J connectivity index is 2.35.